The van der Waals surface area contributed by atoms with Crippen molar-refractivity contribution in [3.63, 3.8) is 0 Å². The van der Waals surface area contributed by atoms with E-state index in [0.29, 0.717) is 24.6 Å². The van der Waals surface area contributed by atoms with Crippen LogP contribution in [0.1, 0.15) is 28.8 Å². The molecule has 0 saturated carbocycles. The number of nitrogens with one attached hydrogen (secondary N) is 1. The molecule has 1 heterocycles. The highest BCUT2D eigenvalue weighted by Gasteiger charge is 2.15. The molecule has 1 aromatic carbocycles. The van der Waals surface area contributed by atoms with Crippen LogP contribution in [0, 0.1) is 5.92 Å². The molecule has 1 aromatic rings. The van der Waals surface area contributed by atoms with Crippen molar-refractivity contribution in [1.82, 2.24) is 5.32 Å². The summed E-state index contributed by atoms with van der Waals surface area (Å²) >= 11 is 0. The van der Waals surface area contributed by atoms with Gasteiger partial charge in [0, 0.05) is 25.3 Å². The fraction of sp³-hybridized carbons (Fsp3) is 0.500. The molecular weight excluding hydrogens is 228 g/mol. The Balaban J connectivity index is 1.82. The molecular formula is C14H20N2O2. The lowest BCUT2D eigenvalue weighted by Crippen LogP contribution is -2.33. The Morgan fingerprint density at radius 1 is 1.39 bits per heavy atom. The monoisotopic (exact) mass is 248 g/mol. The average molecular weight is 248 g/mol. The molecule has 4 nitrogen and oxygen atoms in total. The van der Waals surface area contributed by atoms with Gasteiger partial charge >= 0.3 is 0 Å². The third-order valence-electron chi connectivity index (χ3n) is 3.26. The number of hydrogen-bond donors (Lipinski definition) is 2. The number of benzene rings is 1. The van der Waals surface area contributed by atoms with Gasteiger partial charge in [0.2, 0.25) is 0 Å². The summed E-state index contributed by atoms with van der Waals surface area (Å²) in [6.45, 7) is 2.80. The Morgan fingerprint density at radius 2 is 2.17 bits per heavy atom. The van der Waals surface area contributed by atoms with Gasteiger partial charge in [0.05, 0.1) is 6.61 Å². The van der Waals surface area contributed by atoms with Crippen LogP contribution in [0.5, 0.6) is 0 Å². The molecule has 18 heavy (non-hydrogen) atoms. The normalized spacial score (nSPS) is 19.5. The molecule has 98 valence electrons. The molecule has 1 saturated heterocycles. The second kappa shape index (κ2) is 6.52. The number of carbonyl (C=O) groups excluding carboxylic acids is 1. The van der Waals surface area contributed by atoms with E-state index in [1.54, 1.807) is 0 Å². The van der Waals surface area contributed by atoms with Gasteiger partial charge in [0.1, 0.15) is 0 Å². The average Bonchev–Trinajstić information content (AvgIpc) is 2.46. The fourth-order valence-corrected chi connectivity index (χ4v) is 2.10. The lowest BCUT2D eigenvalue weighted by Gasteiger charge is -2.22. The standard InChI is InChI=1S/C14H20N2O2/c15-8-11-3-5-13(6-4-11)14(17)16-9-12-2-1-7-18-10-12/h3-6,12H,1-2,7-10,15H2,(H,16,17). The molecule has 0 spiro atoms. The van der Waals surface area contributed by atoms with Gasteiger partial charge in [-0.05, 0) is 36.5 Å². The van der Waals surface area contributed by atoms with Crippen molar-refractivity contribution >= 4 is 5.91 Å². The van der Waals surface area contributed by atoms with Gasteiger partial charge in [-0.3, -0.25) is 4.79 Å². The molecule has 1 unspecified atom stereocenters. The number of rotatable bonds is 4. The van der Waals surface area contributed by atoms with Crippen LogP contribution in [0.15, 0.2) is 24.3 Å². The highest BCUT2D eigenvalue weighted by Crippen LogP contribution is 2.12. The molecule has 0 aromatic heterocycles. The highest BCUT2D eigenvalue weighted by atomic mass is 16.5. The number of ether oxygens (including phenoxy) is 1. The van der Waals surface area contributed by atoms with E-state index in [2.05, 4.69) is 5.32 Å². The molecule has 3 N–H and O–H groups in total. The summed E-state index contributed by atoms with van der Waals surface area (Å²) < 4.78 is 5.39. The van der Waals surface area contributed by atoms with Crippen LogP contribution in [-0.4, -0.2) is 25.7 Å². The van der Waals surface area contributed by atoms with E-state index in [1.807, 2.05) is 24.3 Å². The van der Waals surface area contributed by atoms with Gasteiger partial charge in [0.25, 0.3) is 5.91 Å². The van der Waals surface area contributed by atoms with Crippen molar-refractivity contribution < 1.29 is 9.53 Å². The second-order valence-corrected chi connectivity index (χ2v) is 4.69. The highest BCUT2D eigenvalue weighted by molar-refractivity contribution is 5.94. The first kappa shape index (κ1) is 13.1. The molecule has 1 aliphatic heterocycles. The third kappa shape index (κ3) is 3.55. The van der Waals surface area contributed by atoms with Gasteiger partial charge < -0.3 is 15.8 Å². The maximum atomic E-state index is 11.9. The second-order valence-electron chi connectivity index (χ2n) is 4.69. The predicted molar refractivity (Wildman–Crippen MR) is 70.2 cm³/mol. The fourth-order valence-electron chi connectivity index (χ4n) is 2.10. The quantitative estimate of drug-likeness (QED) is 0.844. The molecule has 4 heteroatoms. The minimum atomic E-state index is -0.0239. The number of carbonyl (C=O) groups is 1. The molecule has 0 radical (unpaired) electrons. The van der Waals surface area contributed by atoms with Crippen molar-refractivity contribution in [2.75, 3.05) is 19.8 Å². The van der Waals surface area contributed by atoms with Crippen LogP contribution in [0.4, 0.5) is 0 Å². The van der Waals surface area contributed by atoms with Crippen LogP contribution < -0.4 is 11.1 Å². The summed E-state index contributed by atoms with van der Waals surface area (Å²) in [5.41, 5.74) is 7.24. The molecule has 1 atom stereocenters. The van der Waals surface area contributed by atoms with Gasteiger partial charge in [-0.25, -0.2) is 0 Å². The molecule has 0 aliphatic carbocycles. The van der Waals surface area contributed by atoms with E-state index in [0.717, 1.165) is 31.6 Å². The zero-order valence-corrected chi connectivity index (χ0v) is 10.5. The molecule has 1 fully saturated rings. The van der Waals surface area contributed by atoms with Crippen LogP contribution in [-0.2, 0) is 11.3 Å². The minimum Gasteiger partial charge on any atom is -0.381 e. The Hall–Kier alpha value is -1.39. The first-order valence-electron chi connectivity index (χ1n) is 6.44. The van der Waals surface area contributed by atoms with Crippen LogP contribution in [0.25, 0.3) is 0 Å². The first-order chi connectivity index (χ1) is 8.79. The van der Waals surface area contributed by atoms with Gasteiger partial charge in [-0.2, -0.15) is 0 Å². The van der Waals surface area contributed by atoms with E-state index in [-0.39, 0.29) is 5.91 Å². The summed E-state index contributed by atoms with van der Waals surface area (Å²) in [6, 6.07) is 7.40. The topological polar surface area (TPSA) is 64.4 Å². The summed E-state index contributed by atoms with van der Waals surface area (Å²) in [5, 5.41) is 2.96. The van der Waals surface area contributed by atoms with Crippen LogP contribution >= 0.6 is 0 Å². The lowest BCUT2D eigenvalue weighted by molar-refractivity contribution is 0.0536. The van der Waals surface area contributed by atoms with Gasteiger partial charge in [0.15, 0.2) is 0 Å². The Kier molecular flexibility index (Phi) is 4.73. The zero-order chi connectivity index (χ0) is 12.8. The maximum Gasteiger partial charge on any atom is 0.251 e. The van der Waals surface area contributed by atoms with E-state index in [4.69, 9.17) is 10.5 Å². The van der Waals surface area contributed by atoms with Crippen LogP contribution in [0.2, 0.25) is 0 Å². The first-order valence-corrected chi connectivity index (χ1v) is 6.44. The maximum absolute atomic E-state index is 11.9. The van der Waals surface area contributed by atoms with Crippen molar-refractivity contribution in [1.29, 1.82) is 0 Å². The van der Waals surface area contributed by atoms with E-state index < -0.39 is 0 Å². The van der Waals surface area contributed by atoms with E-state index in [9.17, 15) is 4.79 Å². The van der Waals surface area contributed by atoms with E-state index >= 15 is 0 Å². The van der Waals surface area contributed by atoms with Gasteiger partial charge in [-0.1, -0.05) is 12.1 Å². The van der Waals surface area contributed by atoms with Gasteiger partial charge in [-0.15, -0.1) is 0 Å². The molecule has 2 rings (SSSR count). The smallest absolute Gasteiger partial charge is 0.251 e. The molecule has 1 amide bonds. The molecule has 0 bridgehead atoms. The number of amides is 1. The Bertz CT molecular complexity index is 383. The lowest BCUT2D eigenvalue weighted by atomic mass is 10.0. The predicted octanol–water partition coefficient (Wildman–Crippen LogP) is 1.30. The minimum absolute atomic E-state index is 0.0239. The zero-order valence-electron chi connectivity index (χ0n) is 10.5. The Morgan fingerprint density at radius 3 is 2.78 bits per heavy atom. The number of hydrogen-bond acceptors (Lipinski definition) is 3. The third-order valence-corrected chi connectivity index (χ3v) is 3.26. The van der Waals surface area contributed by atoms with Crippen molar-refractivity contribution in [3.8, 4) is 0 Å². The number of nitrogens with two attached hydrogens (primary N) is 1. The SMILES string of the molecule is NCc1ccc(C(=O)NCC2CCCOC2)cc1. The van der Waals surface area contributed by atoms with Crippen molar-refractivity contribution in [2.24, 2.45) is 11.7 Å². The van der Waals surface area contributed by atoms with E-state index in [1.165, 1.54) is 0 Å². The Labute approximate surface area is 108 Å². The largest absolute Gasteiger partial charge is 0.381 e. The van der Waals surface area contributed by atoms with Crippen LogP contribution in [0.3, 0.4) is 0 Å². The summed E-state index contributed by atoms with van der Waals surface area (Å²) in [5.74, 6) is 0.426. The summed E-state index contributed by atoms with van der Waals surface area (Å²) in [6.07, 6.45) is 2.22. The molecule has 1 aliphatic rings. The van der Waals surface area contributed by atoms with Crippen molar-refractivity contribution in [2.45, 2.75) is 19.4 Å². The summed E-state index contributed by atoms with van der Waals surface area (Å²) in [4.78, 5) is 11.9. The van der Waals surface area contributed by atoms with Crippen molar-refractivity contribution in [3.05, 3.63) is 35.4 Å². The summed E-state index contributed by atoms with van der Waals surface area (Å²) in [7, 11) is 0.